The molecule has 6 aliphatic heterocycles. The zero-order chi connectivity index (χ0) is 79.3. The van der Waals surface area contributed by atoms with Gasteiger partial charge in [-0.2, -0.15) is 23.5 Å². The summed E-state index contributed by atoms with van der Waals surface area (Å²) in [6, 6.07) is -7.99. The van der Waals surface area contributed by atoms with Crippen LogP contribution < -0.4 is 84.3 Å². The zero-order valence-electron chi connectivity index (χ0n) is 61.1. The van der Waals surface area contributed by atoms with Gasteiger partial charge in [-0.15, -0.1) is 0 Å². The second kappa shape index (κ2) is 45.6. The number of nitrogens with two attached hydrogens (primary N) is 11. The number of azide groups is 1. The van der Waals surface area contributed by atoms with E-state index in [4.69, 9.17) is 150 Å². The summed E-state index contributed by atoms with van der Waals surface area (Å²) in [4.78, 5) is 5.25. The number of thioether (sulfide) groups is 2. The van der Waals surface area contributed by atoms with Crippen LogP contribution in [0.15, 0.2) is 5.11 Å². The molecule has 13 unspecified atom stereocenters. The highest BCUT2D eigenvalue weighted by atomic mass is 32.2. The normalized spacial score (nSPS) is 42.7. The molecule has 0 amide bonds. The second-order valence-electron chi connectivity index (χ2n) is 29.0. The van der Waals surface area contributed by atoms with Crippen LogP contribution in [0.2, 0.25) is 0 Å². The molecule has 0 aromatic heterocycles. The van der Waals surface area contributed by atoms with Gasteiger partial charge in [-0.05, 0) is 101 Å². The number of ether oxygens (including phenoxy) is 12. The number of aliphatic hydroxyl groups is 11. The summed E-state index contributed by atoms with van der Waals surface area (Å²) in [5.74, 6) is 1.45. The first-order valence-electron chi connectivity index (χ1n) is 37.5. The molecule has 8 fully saturated rings. The molecule has 2 aliphatic carbocycles. The van der Waals surface area contributed by atoms with E-state index in [0.29, 0.717) is 54.5 Å². The van der Waals surface area contributed by atoms with Crippen molar-refractivity contribution in [3.8, 4) is 0 Å². The Morgan fingerprint density at radius 3 is 1.32 bits per heavy atom. The third-order valence-electron chi connectivity index (χ3n) is 20.8. The predicted octanol–water partition coefficient (Wildman–Crippen LogP) is -11.7. The lowest BCUT2D eigenvalue weighted by Crippen LogP contribution is -2.68. The van der Waals surface area contributed by atoms with E-state index in [1.54, 1.807) is 0 Å². The fourth-order valence-electron chi connectivity index (χ4n) is 14.4. The molecule has 37 N–H and O–H groups in total. The molecular weight excluding hydrogens is 1520 g/mol. The Morgan fingerprint density at radius 2 is 0.826 bits per heavy atom. The zero-order valence-corrected chi connectivity index (χ0v) is 64.3. The molecule has 8 aliphatic rings. The first-order valence-corrected chi connectivity index (χ1v) is 40.6. The summed E-state index contributed by atoms with van der Waals surface area (Å²) in [7, 11) is 0. The highest BCUT2D eigenvalue weighted by molar-refractivity contribution is 7.99. The van der Waals surface area contributed by atoms with Crippen molar-refractivity contribution in [2.24, 2.45) is 68.2 Å². The first kappa shape index (κ1) is 92.5. The maximum absolute atomic E-state index is 11.9. The van der Waals surface area contributed by atoms with Crippen LogP contribution in [-0.4, -0.2) is 393 Å². The highest BCUT2D eigenvalue weighted by Gasteiger charge is 2.57. The van der Waals surface area contributed by atoms with Crippen molar-refractivity contribution in [1.82, 2.24) is 26.2 Å². The second-order valence-corrected chi connectivity index (χ2v) is 32.1. The van der Waals surface area contributed by atoms with Crippen LogP contribution in [0, 0.1) is 0 Å². The number of unbranched alkanes of at least 4 members (excludes halogenated alkanes) is 3. The standard InChI is InChI=1S/C63H123N19O23S4/c64-20-33-31(83)19-30(71)56(95-33)100-50-28(69)17-26(67)41(85)54(50)104-61-49(93)53(103-59-40(74)47(91)45(89)35(22-66)97-59)37(99-61)25-109-15-10-78-62(106)76-7-3-5-13-82(12-4-1-2-9-80-81-75)14-6-8-77-63(107)79-11-16-108-24-36-52(102-57-38(72)43(87)32(84)23-94-57)48(92)60(98-36)105-55-42(86)27(68)18-29(70)51(55)101-58-39(73)46(90)44(88)34(21-65)96-58/h26-61,83-93H,1-25,64-74H2,(H2,76,78,106)(H2,77,79,107)/t26-,27-,28?,29?,30?,31+,32-,33?,34?,35?,36-,37-,38-,39?,40-,41?,42?,43?,44-,45-,46-,47?,48+,49+,50+,51+,52+,53+,54-,55-,56+,57-,58+,59-,60?,61?/m1/s1. The van der Waals surface area contributed by atoms with Gasteiger partial charge in [0.1, 0.15) is 97.7 Å². The molecule has 109 heavy (non-hydrogen) atoms. The molecule has 6 saturated heterocycles. The van der Waals surface area contributed by atoms with Crippen molar-refractivity contribution in [1.29, 1.82) is 0 Å². The summed E-state index contributed by atoms with van der Waals surface area (Å²) in [5, 5.41) is 138. The SMILES string of the molecule is [N-]=[N+]=NCCCCCN(CCCCNC(=S)NCCSC[C@H]1OC(O[C@@H]2C(O)[C@H](N)CC(N)[C@@H]2O[C@@H]2OC(CN)[C@@H](O)CC2N)[C@@H](O)[C@H]1O[C@H]1OC(CN)[C@@H](O)C(O)[C@H]1N)CCCNC(=S)NCCSC[C@H]1OC(O[C@@H]2C(O)[C@H](N)CC(N)[C@@H]2O[C@@H]2OC(CN)[C@@H](O)[C@H](O)C2N)[C@@H](O)[C@H]1O[C@H]1OC[C@@H](O)C(O)[C@H]1N. The van der Waals surface area contributed by atoms with Gasteiger partial charge in [0.05, 0.1) is 67.4 Å². The fourth-order valence-corrected chi connectivity index (χ4v) is 16.6. The van der Waals surface area contributed by atoms with E-state index in [9.17, 15) is 56.2 Å². The summed E-state index contributed by atoms with van der Waals surface area (Å²) in [6.07, 6.45) is -30.0. The van der Waals surface area contributed by atoms with Crippen LogP contribution in [0.4, 0.5) is 0 Å². The molecule has 0 aromatic rings. The number of nitrogens with one attached hydrogen (secondary N) is 4. The molecule has 6 heterocycles. The summed E-state index contributed by atoms with van der Waals surface area (Å²) >= 11 is 14.2. The molecule has 0 spiro atoms. The molecular formula is C63H123N19O23S4. The van der Waals surface area contributed by atoms with Crippen molar-refractivity contribution in [2.45, 2.75) is 278 Å². The number of hydrogen-bond acceptors (Lipinski definition) is 40. The Kier molecular flexibility index (Phi) is 38.7. The van der Waals surface area contributed by atoms with Crippen LogP contribution in [0.1, 0.15) is 57.8 Å². The fraction of sp³-hybridized carbons (Fsp3) is 0.968. The van der Waals surface area contributed by atoms with Gasteiger partial charge < -0.3 is 202 Å². The molecule has 0 bridgehead atoms. The van der Waals surface area contributed by atoms with Crippen molar-refractivity contribution < 1.29 is 113 Å². The average Bonchev–Trinajstić information content (AvgIpc) is 1.77. The number of rotatable bonds is 40. The Hall–Kier alpha value is -2.01. The van der Waals surface area contributed by atoms with Crippen molar-refractivity contribution in [3.63, 3.8) is 0 Å². The van der Waals surface area contributed by atoms with Crippen LogP contribution >= 0.6 is 48.0 Å². The van der Waals surface area contributed by atoms with E-state index in [1.165, 1.54) is 23.5 Å². The van der Waals surface area contributed by atoms with Gasteiger partial charge in [0, 0.05) is 104 Å². The lowest BCUT2D eigenvalue weighted by Gasteiger charge is -2.47. The van der Waals surface area contributed by atoms with Gasteiger partial charge in [-0.25, -0.2) is 0 Å². The maximum atomic E-state index is 11.9. The molecule has 632 valence electrons. The van der Waals surface area contributed by atoms with Crippen LogP contribution in [-0.2, 0) is 56.8 Å². The molecule has 2 saturated carbocycles. The Morgan fingerprint density at radius 1 is 0.413 bits per heavy atom. The third-order valence-corrected chi connectivity index (χ3v) is 23.5. The minimum absolute atomic E-state index is 0.0199. The van der Waals surface area contributed by atoms with Gasteiger partial charge in [0.15, 0.2) is 48.0 Å². The highest BCUT2D eigenvalue weighted by Crippen LogP contribution is 2.38. The molecule has 0 aromatic carbocycles. The van der Waals surface area contributed by atoms with Gasteiger partial charge in [-0.1, -0.05) is 11.5 Å². The maximum Gasteiger partial charge on any atom is 0.187 e. The minimum atomic E-state index is -1.56. The smallest absolute Gasteiger partial charge is 0.187 e. The Balaban J connectivity index is 0.763. The quantitative estimate of drug-likeness (QED) is 0.00890. The number of nitrogens with zero attached hydrogens (tertiary/aromatic N) is 4. The van der Waals surface area contributed by atoms with E-state index in [-0.39, 0.29) is 57.0 Å². The lowest BCUT2D eigenvalue weighted by atomic mass is 9.84. The van der Waals surface area contributed by atoms with Gasteiger partial charge >= 0.3 is 0 Å². The van der Waals surface area contributed by atoms with Gasteiger partial charge in [-0.3, -0.25) is 0 Å². The monoisotopic (exact) mass is 1640 g/mol. The van der Waals surface area contributed by atoms with Gasteiger partial charge in [0.2, 0.25) is 0 Å². The van der Waals surface area contributed by atoms with E-state index in [1.807, 2.05) is 0 Å². The predicted molar refractivity (Wildman–Crippen MR) is 403 cm³/mol. The van der Waals surface area contributed by atoms with Crippen molar-refractivity contribution >= 4 is 58.2 Å². The first-order chi connectivity index (χ1) is 52.1. The third kappa shape index (κ3) is 25.5. The van der Waals surface area contributed by atoms with Crippen LogP contribution in [0.25, 0.3) is 10.4 Å². The van der Waals surface area contributed by atoms with E-state index >= 15 is 0 Å². The van der Waals surface area contributed by atoms with E-state index in [0.717, 1.165) is 58.2 Å². The summed E-state index contributed by atoms with van der Waals surface area (Å²) < 4.78 is 73.6. The Bertz CT molecular complexity index is 2740. The van der Waals surface area contributed by atoms with Gasteiger partial charge in [0.25, 0.3) is 0 Å². The molecule has 36 atom stereocenters. The minimum Gasteiger partial charge on any atom is -0.390 e. The Labute approximate surface area is 652 Å². The molecule has 0 radical (unpaired) electrons. The number of aliphatic hydroxyl groups excluding tert-OH is 11. The molecule has 42 nitrogen and oxygen atoms in total. The molecule has 8 rings (SSSR count). The average molecular weight is 1640 g/mol. The number of thiocarbonyl (C=S) groups is 2. The van der Waals surface area contributed by atoms with Crippen LogP contribution in [0.3, 0.4) is 0 Å². The van der Waals surface area contributed by atoms with E-state index in [2.05, 4.69) is 36.2 Å². The largest absolute Gasteiger partial charge is 0.390 e. The van der Waals surface area contributed by atoms with Crippen LogP contribution in [0.5, 0.6) is 0 Å². The summed E-state index contributed by atoms with van der Waals surface area (Å²) in [5.41, 5.74) is 77.1. The summed E-state index contributed by atoms with van der Waals surface area (Å²) in [6.45, 7) is 4.21. The molecule has 46 heteroatoms. The number of hydrogen-bond donors (Lipinski definition) is 26. The van der Waals surface area contributed by atoms with Crippen molar-refractivity contribution in [2.75, 3.05) is 102 Å². The lowest BCUT2D eigenvalue weighted by molar-refractivity contribution is -0.306. The van der Waals surface area contributed by atoms with E-state index < -0.39 is 220 Å². The van der Waals surface area contributed by atoms with Crippen molar-refractivity contribution in [3.05, 3.63) is 10.4 Å². The topological polar surface area (TPSA) is 720 Å².